The Labute approximate surface area is 103 Å². The fourth-order valence-electron chi connectivity index (χ4n) is 1.93. The minimum Gasteiger partial charge on any atom is -0.494 e. The summed E-state index contributed by atoms with van der Waals surface area (Å²) in [4.78, 5) is 0. The number of rotatable bonds is 4. The van der Waals surface area contributed by atoms with Crippen LogP contribution in [0.1, 0.15) is 31.4 Å². The third-order valence-electron chi connectivity index (χ3n) is 2.87. The second-order valence-electron chi connectivity index (χ2n) is 4.33. The van der Waals surface area contributed by atoms with E-state index in [1.807, 2.05) is 12.1 Å². The topological polar surface area (TPSA) is 30.5 Å². The standard InChI is InChI=1S/C14H21NO2/c1-2-9-16-13-6-4-12(5-7-13)14-11-15-8-3-10-17-14/h4-7,14-15H,2-3,8-11H2,1H3. The first kappa shape index (κ1) is 12.4. The highest BCUT2D eigenvalue weighted by molar-refractivity contribution is 5.28. The van der Waals surface area contributed by atoms with E-state index >= 15 is 0 Å². The Morgan fingerprint density at radius 2 is 2.18 bits per heavy atom. The molecule has 0 aliphatic carbocycles. The molecule has 1 atom stereocenters. The van der Waals surface area contributed by atoms with Gasteiger partial charge in [0.15, 0.2) is 0 Å². The maximum absolute atomic E-state index is 5.81. The Kier molecular flexibility index (Phi) is 4.83. The van der Waals surface area contributed by atoms with E-state index < -0.39 is 0 Å². The molecule has 1 aromatic carbocycles. The summed E-state index contributed by atoms with van der Waals surface area (Å²) in [6.45, 7) is 5.68. The summed E-state index contributed by atoms with van der Waals surface area (Å²) in [5, 5.41) is 3.39. The first-order chi connectivity index (χ1) is 8.40. The number of ether oxygens (including phenoxy) is 2. The van der Waals surface area contributed by atoms with Gasteiger partial charge in [-0.1, -0.05) is 19.1 Å². The lowest BCUT2D eigenvalue weighted by molar-refractivity contribution is 0.0668. The van der Waals surface area contributed by atoms with Crippen LogP contribution >= 0.6 is 0 Å². The highest BCUT2D eigenvalue weighted by Crippen LogP contribution is 2.21. The third-order valence-corrected chi connectivity index (χ3v) is 2.87. The number of hydrogen-bond acceptors (Lipinski definition) is 3. The van der Waals surface area contributed by atoms with Crippen LogP contribution in [0.15, 0.2) is 24.3 Å². The van der Waals surface area contributed by atoms with E-state index in [0.717, 1.165) is 44.9 Å². The quantitative estimate of drug-likeness (QED) is 0.870. The van der Waals surface area contributed by atoms with Crippen molar-refractivity contribution in [3.05, 3.63) is 29.8 Å². The van der Waals surface area contributed by atoms with Crippen molar-refractivity contribution in [2.75, 3.05) is 26.3 Å². The maximum atomic E-state index is 5.81. The zero-order valence-electron chi connectivity index (χ0n) is 10.4. The summed E-state index contributed by atoms with van der Waals surface area (Å²) in [5.74, 6) is 0.942. The van der Waals surface area contributed by atoms with Gasteiger partial charge in [0.25, 0.3) is 0 Å². The van der Waals surface area contributed by atoms with Gasteiger partial charge >= 0.3 is 0 Å². The SMILES string of the molecule is CCCOc1ccc(C2CNCCCO2)cc1. The second-order valence-corrected chi connectivity index (χ2v) is 4.33. The predicted octanol–water partition coefficient (Wildman–Crippen LogP) is 2.53. The zero-order chi connectivity index (χ0) is 11.9. The summed E-state index contributed by atoms with van der Waals surface area (Å²) in [5.41, 5.74) is 1.23. The minimum atomic E-state index is 0.178. The zero-order valence-corrected chi connectivity index (χ0v) is 10.4. The van der Waals surface area contributed by atoms with Crippen molar-refractivity contribution < 1.29 is 9.47 Å². The first-order valence-corrected chi connectivity index (χ1v) is 6.45. The Morgan fingerprint density at radius 1 is 1.35 bits per heavy atom. The van der Waals surface area contributed by atoms with Gasteiger partial charge in [0.2, 0.25) is 0 Å². The molecule has 1 unspecified atom stereocenters. The van der Waals surface area contributed by atoms with Crippen molar-refractivity contribution in [1.29, 1.82) is 0 Å². The summed E-state index contributed by atoms with van der Waals surface area (Å²) < 4.78 is 11.4. The molecule has 1 N–H and O–H groups in total. The van der Waals surface area contributed by atoms with E-state index in [9.17, 15) is 0 Å². The fraction of sp³-hybridized carbons (Fsp3) is 0.571. The molecule has 0 aromatic heterocycles. The predicted molar refractivity (Wildman–Crippen MR) is 68.4 cm³/mol. The first-order valence-electron chi connectivity index (χ1n) is 6.45. The summed E-state index contributed by atoms with van der Waals surface area (Å²) in [7, 11) is 0. The fourth-order valence-corrected chi connectivity index (χ4v) is 1.93. The van der Waals surface area contributed by atoms with E-state index in [0.29, 0.717) is 0 Å². The summed E-state index contributed by atoms with van der Waals surface area (Å²) >= 11 is 0. The molecule has 0 bridgehead atoms. The van der Waals surface area contributed by atoms with Gasteiger partial charge < -0.3 is 14.8 Å². The van der Waals surface area contributed by atoms with Gasteiger partial charge in [-0.2, -0.15) is 0 Å². The number of nitrogens with one attached hydrogen (secondary N) is 1. The highest BCUT2D eigenvalue weighted by Gasteiger charge is 2.14. The lowest BCUT2D eigenvalue weighted by atomic mass is 10.1. The molecule has 1 saturated heterocycles. The molecule has 3 nitrogen and oxygen atoms in total. The van der Waals surface area contributed by atoms with Crippen molar-refractivity contribution in [3.8, 4) is 5.75 Å². The molecule has 1 aliphatic heterocycles. The molecule has 1 aromatic rings. The average Bonchev–Trinajstić information content (AvgIpc) is 2.66. The molecule has 1 aliphatic rings. The lowest BCUT2D eigenvalue weighted by Gasteiger charge is -2.15. The smallest absolute Gasteiger partial charge is 0.119 e. The molecule has 3 heteroatoms. The third kappa shape index (κ3) is 3.72. The van der Waals surface area contributed by atoms with Crippen molar-refractivity contribution in [3.63, 3.8) is 0 Å². The Hall–Kier alpha value is -1.06. The summed E-state index contributed by atoms with van der Waals surface area (Å²) in [6.07, 6.45) is 2.31. The van der Waals surface area contributed by atoms with Crippen molar-refractivity contribution in [2.45, 2.75) is 25.9 Å². The van der Waals surface area contributed by atoms with Crippen LogP contribution < -0.4 is 10.1 Å². The maximum Gasteiger partial charge on any atom is 0.119 e. The van der Waals surface area contributed by atoms with Gasteiger partial charge in [0, 0.05) is 13.2 Å². The Balaban J connectivity index is 1.96. The average molecular weight is 235 g/mol. The van der Waals surface area contributed by atoms with Crippen LogP contribution in [0.4, 0.5) is 0 Å². The van der Waals surface area contributed by atoms with E-state index in [2.05, 4.69) is 24.4 Å². The van der Waals surface area contributed by atoms with Crippen LogP contribution in [0.5, 0.6) is 5.75 Å². The molecule has 0 amide bonds. The van der Waals surface area contributed by atoms with E-state index in [4.69, 9.17) is 9.47 Å². The van der Waals surface area contributed by atoms with Crippen LogP contribution in [-0.4, -0.2) is 26.3 Å². The number of benzene rings is 1. The molecule has 0 radical (unpaired) electrons. The molecule has 17 heavy (non-hydrogen) atoms. The van der Waals surface area contributed by atoms with Gasteiger partial charge in [-0.15, -0.1) is 0 Å². The van der Waals surface area contributed by atoms with Crippen LogP contribution in [0, 0.1) is 0 Å². The van der Waals surface area contributed by atoms with Gasteiger partial charge in [-0.05, 0) is 37.1 Å². The van der Waals surface area contributed by atoms with Gasteiger partial charge in [0.1, 0.15) is 5.75 Å². The molecule has 1 heterocycles. The monoisotopic (exact) mass is 235 g/mol. The molecule has 94 valence electrons. The van der Waals surface area contributed by atoms with Gasteiger partial charge in [-0.25, -0.2) is 0 Å². The second kappa shape index (κ2) is 6.62. The molecule has 0 spiro atoms. The van der Waals surface area contributed by atoms with E-state index in [1.165, 1.54) is 5.56 Å². The Bertz CT molecular complexity index is 315. The van der Waals surface area contributed by atoms with Gasteiger partial charge in [-0.3, -0.25) is 0 Å². The minimum absolute atomic E-state index is 0.178. The normalized spacial score (nSPS) is 20.9. The number of hydrogen-bond donors (Lipinski definition) is 1. The van der Waals surface area contributed by atoms with Crippen LogP contribution in [0.3, 0.4) is 0 Å². The van der Waals surface area contributed by atoms with Crippen LogP contribution in [-0.2, 0) is 4.74 Å². The van der Waals surface area contributed by atoms with E-state index in [-0.39, 0.29) is 6.10 Å². The van der Waals surface area contributed by atoms with E-state index in [1.54, 1.807) is 0 Å². The van der Waals surface area contributed by atoms with Crippen molar-refractivity contribution >= 4 is 0 Å². The van der Waals surface area contributed by atoms with Crippen molar-refractivity contribution in [1.82, 2.24) is 5.32 Å². The Morgan fingerprint density at radius 3 is 2.94 bits per heavy atom. The molecular formula is C14H21NO2. The lowest BCUT2D eigenvalue weighted by Crippen LogP contribution is -2.20. The molecular weight excluding hydrogens is 214 g/mol. The molecule has 1 fully saturated rings. The van der Waals surface area contributed by atoms with Crippen LogP contribution in [0.25, 0.3) is 0 Å². The highest BCUT2D eigenvalue weighted by atomic mass is 16.5. The van der Waals surface area contributed by atoms with Crippen LogP contribution in [0.2, 0.25) is 0 Å². The summed E-state index contributed by atoms with van der Waals surface area (Å²) in [6, 6.07) is 8.25. The molecule has 0 saturated carbocycles. The van der Waals surface area contributed by atoms with Gasteiger partial charge in [0.05, 0.1) is 12.7 Å². The largest absolute Gasteiger partial charge is 0.494 e. The van der Waals surface area contributed by atoms with Crippen molar-refractivity contribution in [2.24, 2.45) is 0 Å². The molecule has 2 rings (SSSR count).